The zero-order valence-corrected chi connectivity index (χ0v) is 15.4. The SMILES string of the molecule is CCc1ccc(C(=O)NS(=O)(=O)c2ccc(Br)s2)c(CC)c1. The molecule has 2 rings (SSSR count). The van der Waals surface area contributed by atoms with Crippen LogP contribution < -0.4 is 4.72 Å². The zero-order valence-electron chi connectivity index (χ0n) is 12.2. The average Bonchev–Trinajstić information content (AvgIpc) is 2.93. The Morgan fingerprint density at radius 2 is 1.91 bits per heavy atom. The summed E-state index contributed by atoms with van der Waals surface area (Å²) in [5.41, 5.74) is 2.37. The Morgan fingerprint density at radius 3 is 2.45 bits per heavy atom. The molecule has 0 saturated heterocycles. The van der Waals surface area contributed by atoms with Gasteiger partial charge in [0.15, 0.2) is 0 Å². The fourth-order valence-corrected chi connectivity index (χ4v) is 5.03. The zero-order chi connectivity index (χ0) is 16.3. The van der Waals surface area contributed by atoms with Gasteiger partial charge in [-0.05, 0) is 58.1 Å². The molecule has 1 N–H and O–H groups in total. The second-order valence-corrected chi connectivity index (χ2v) is 9.06. The molecule has 1 aromatic heterocycles. The number of carbonyl (C=O) groups excluding carboxylic acids is 1. The van der Waals surface area contributed by atoms with E-state index in [2.05, 4.69) is 20.7 Å². The molecule has 22 heavy (non-hydrogen) atoms. The lowest BCUT2D eigenvalue weighted by Crippen LogP contribution is -2.30. The van der Waals surface area contributed by atoms with E-state index in [1.165, 1.54) is 6.07 Å². The molecule has 1 amide bonds. The van der Waals surface area contributed by atoms with Gasteiger partial charge >= 0.3 is 0 Å². The van der Waals surface area contributed by atoms with Crippen molar-refractivity contribution < 1.29 is 13.2 Å². The van der Waals surface area contributed by atoms with Crippen LogP contribution in [0, 0.1) is 0 Å². The molecular weight excluding hydrogens is 386 g/mol. The molecule has 4 nitrogen and oxygen atoms in total. The Labute approximate surface area is 142 Å². The lowest BCUT2D eigenvalue weighted by atomic mass is 10.0. The average molecular weight is 402 g/mol. The number of hydrogen-bond acceptors (Lipinski definition) is 4. The number of benzene rings is 1. The molecule has 1 heterocycles. The first-order valence-electron chi connectivity index (χ1n) is 6.81. The summed E-state index contributed by atoms with van der Waals surface area (Å²) >= 11 is 4.28. The second kappa shape index (κ2) is 6.93. The van der Waals surface area contributed by atoms with E-state index in [0.29, 0.717) is 15.8 Å². The summed E-state index contributed by atoms with van der Waals surface area (Å²) in [4.78, 5) is 12.3. The molecule has 0 fully saturated rings. The molecule has 0 unspecified atom stereocenters. The fourth-order valence-electron chi connectivity index (χ4n) is 2.05. The van der Waals surface area contributed by atoms with Crippen molar-refractivity contribution >= 4 is 43.2 Å². The van der Waals surface area contributed by atoms with Crippen LogP contribution in [0.3, 0.4) is 0 Å². The lowest BCUT2D eigenvalue weighted by Gasteiger charge is -2.10. The predicted octanol–water partition coefficient (Wildman–Crippen LogP) is 3.75. The van der Waals surface area contributed by atoms with Crippen LogP contribution in [0.5, 0.6) is 0 Å². The molecule has 2 aromatic rings. The van der Waals surface area contributed by atoms with Gasteiger partial charge in [0.05, 0.1) is 3.79 Å². The van der Waals surface area contributed by atoms with Crippen LogP contribution in [0.4, 0.5) is 0 Å². The van der Waals surface area contributed by atoms with E-state index in [4.69, 9.17) is 0 Å². The van der Waals surface area contributed by atoms with Gasteiger partial charge in [0.1, 0.15) is 4.21 Å². The van der Waals surface area contributed by atoms with Crippen molar-refractivity contribution in [1.29, 1.82) is 0 Å². The molecule has 1 aromatic carbocycles. The van der Waals surface area contributed by atoms with Gasteiger partial charge in [-0.15, -0.1) is 11.3 Å². The first kappa shape index (κ1) is 17.2. The Hall–Kier alpha value is -1.18. The second-order valence-electron chi connectivity index (χ2n) is 4.69. The van der Waals surface area contributed by atoms with Crippen LogP contribution in [-0.2, 0) is 22.9 Å². The topological polar surface area (TPSA) is 63.2 Å². The Bertz CT molecular complexity index is 797. The highest BCUT2D eigenvalue weighted by Gasteiger charge is 2.21. The van der Waals surface area contributed by atoms with Crippen LogP contribution in [0.2, 0.25) is 0 Å². The maximum absolute atomic E-state index is 12.3. The van der Waals surface area contributed by atoms with Crippen LogP contribution >= 0.6 is 27.3 Å². The number of rotatable bonds is 5. The van der Waals surface area contributed by atoms with E-state index in [1.54, 1.807) is 12.1 Å². The van der Waals surface area contributed by atoms with E-state index >= 15 is 0 Å². The molecule has 7 heteroatoms. The Balaban J connectivity index is 2.29. The molecule has 0 saturated carbocycles. The van der Waals surface area contributed by atoms with Crippen LogP contribution in [-0.4, -0.2) is 14.3 Å². The summed E-state index contributed by atoms with van der Waals surface area (Å²) in [5.74, 6) is -0.593. The van der Waals surface area contributed by atoms with Crippen molar-refractivity contribution in [3.8, 4) is 0 Å². The monoisotopic (exact) mass is 401 g/mol. The molecular formula is C15H16BrNO3S2. The van der Waals surface area contributed by atoms with Crippen molar-refractivity contribution in [2.24, 2.45) is 0 Å². The minimum Gasteiger partial charge on any atom is -0.268 e. The highest BCUT2D eigenvalue weighted by Crippen LogP contribution is 2.26. The van der Waals surface area contributed by atoms with Crippen molar-refractivity contribution in [2.75, 3.05) is 0 Å². The lowest BCUT2D eigenvalue weighted by molar-refractivity contribution is 0.0980. The third kappa shape index (κ3) is 3.77. The maximum Gasteiger partial charge on any atom is 0.273 e. The predicted molar refractivity (Wildman–Crippen MR) is 91.9 cm³/mol. The molecule has 0 aliphatic rings. The highest BCUT2D eigenvalue weighted by atomic mass is 79.9. The van der Waals surface area contributed by atoms with E-state index in [0.717, 1.165) is 28.9 Å². The Morgan fingerprint density at radius 1 is 1.18 bits per heavy atom. The summed E-state index contributed by atoms with van der Waals surface area (Å²) in [6.45, 7) is 3.98. The summed E-state index contributed by atoms with van der Waals surface area (Å²) < 4.78 is 27.4. The van der Waals surface area contributed by atoms with E-state index in [1.807, 2.05) is 26.0 Å². The number of thiophene rings is 1. The fraction of sp³-hybridized carbons (Fsp3) is 0.267. The first-order chi connectivity index (χ1) is 10.4. The third-order valence-electron chi connectivity index (χ3n) is 3.24. The Kier molecular flexibility index (Phi) is 5.41. The molecule has 0 spiro atoms. The van der Waals surface area contributed by atoms with E-state index in [-0.39, 0.29) is 4.21 Å². The number of carbonyl (C=O) groups is 1. The van der Waals surface area contributed by atoms with E-state index in [9.17, 15) is 13.2 Å². The van der Waals surface area contributed by atoms with Crippen LogP contribution in [0.1, 0.15) is 35.3 Å². The minimum atomic E-state index is -3.84. The summed E-state index contributed by atoms with van der Waals surface area (Å²) in [6, 6.07) is 8.58. The smallest absolute Gasteiger partial charge is 0.268 e. The van der Waals surface area contributed by atoms with Crippen molar-refractivity contribution in [2.45, 2.75) is 30.9 Å². The number of amides is 1. The van der Waals surface area contributed by atoms with Gasteiger partial charge in [-0.2, -0.15) is 0 Å². The van der Waals surface area contributed by atoms with Gasteiger partial charge in [-0.1, -0.05) is 26.0 Å². The van der Waals surface area contributed by atoms with Crippen molar-refractivity contribution in [3.05, 3.63) is 50.8 Å². The number of hydrogen-bond donors (Lipinski definition) is 1. The van der Waals surface area contributed by atoms with Gasteiger partial charge in [0, 0.05) is 5.56 Å². The maximum atomic E-state index is 12.3. The van der Waals surface area contributed by atoms with Crippen molar-refractivity contribution in [1.82, 2.24) is 4.72 Å². The highest BCUT2D eigenvalue weighted by molar-refractivity contribution is 9.11. The molecule has 0 radical (unpaired) electrons. The molecule has 118 valence electrons. The van der Waals surface area contributed by atoms with Crippen molar-refractivity contribution in [3.63, 3.8) is 0 Å². The molecule has 0 atom stereocenters. The van der Waals surface area contributed by atoms with E-state index < -0.39 is 15.9 Å². The largest absolute Gasteiger partial charge is 0.273 e. The quantitative estimate of drug-likeness (QED) is 0.829. The normalized spacial score (nSPS) is 11.4. The molecule has 0 aliphatic heterocycles. The summed E-state index contributed by atoms with van der Waals surface area (Å²) in [7, 11) is -3.84. The van der Waals surface area contributed by atoms with Gasteiger partial charge in [0.25, 0.3) is 15.9 Å². The molecule has 0 aliphatic carbocycles. The number of aryl methyl sites for hydroxylation is 2. The van der Waals surface area contributed by atoms with Gasteiger partial charge in [0.2, 0.25) is 0 Å². The van der Waals surface area contributed by atoms with Gasteiger partial charge in [-0.3, -0.25) is 4.79 Å². The first-order valence-corrected chi connectivity index (χ1v) is 9.91. The molecule has 0 bridgehead atoms. The number of nitrogens with one attached hydrogen (secondary N) is 1. The standard InChI is InChI=1S/C15H16BrNO3S2/c1-3-10-5-6-12(11(4-2)9-10)15(18)17-22(19,20)14-8-7-13(16)21-14/h5-9H,3-4H2,1-2H3,(H,17,18). The third-order valence-corrected chi connectivity index (χ3v) is 6.69. The van der Waals surface area contributed by atoms with Crippen LogP contribution in [0.15, 0.2) is 38.3 Å². The van der Waals surface area contributed by atoms with Crippen LogP contribution in [0.25, 0.3) is 0 Å². The minimum absolute atomic E-state index is 0.107. The van der Waals surface area contributed by atoms with Gasteiger partial charge in [-0.25, -0.2) is 13.1 Å². The summed E-state index contributed by atoms with van der Waals surface area (Å²) in [5, 5.41) is 0. The number of halogens is 1. The summed E-state index contributed by atoms with van der Waals surface area (Å²) in [6.07, 6.45) is 1.54. The number of sulfonamides is 1. The van der Waals surface area contributed by atoms with Gasteiger partial charge < -0.3 is 0 Å².